The van der Waals surface area contributed by atoms with Crippen LogP contribution in [0.25, 0.3) is 10.9 Å². The molecule has 3 rings (SSSR count). The summed E-state index contributed by atoms with van der Waals surface area (Å²) in [4.78, 5) is 32.3. The molecular weight excluding hydrogens is 370 g/mol. The lowest BCUT2D eigenvalue weighted by Gasteiger charge is -2.24. The van der Waals surface area contributed by atoms with Gasteiger partial charge in [-0.3, -0.25) is 14.2 Å². The monoisotopic (exact) mass is 395 g/mol. The Kier molecular flexibility index (Phi) is 6.52. The third kappa shape index (κ3) is 4.28. The van der Waals surface area contributed by atoms with Crippen LogP contribution in [0.4, 0.5) is 0 Å². The molecule has 0 aliphatic heterocycles. The average molecular weight is 396 g/mol. The van der Waals surface area contributed by atoms with E-state index < -0.39 is 0 Å². The van der Waals surface area contributed by atoms with Crippen molar-refractivity contribution in [2.45, 2.75) is 44.3 Å². The molecule has 5 nitrogen and oxygen atoms in total. The summed E-state index contributed by atoms with van der Waals surface area (Å²) < 4.78 is 1.64. The number of fused-ring (bicyclic) bond motifs is 1. The van der Waals surface area contributed by atoms with Crippen molar-refractivity contribution in [2.24, 2.45) is 0 Å². The smallest absolute Gasteiger partial charge is 0.262 e. The van der Waals surface area contributed by atoms with Crippen molar-refractivity contribution in [2.75, 3.05) is 6.54 Å². The standard InChI is InChI=1S/C22H25N3O2S/c1-4-24(15-17-11-7-6-8-12-17)20(26)16(3)28-22-23-19-14-10-9-13-18(19)21(27)25(22)5-2/h6-14,16H,4-5,15H2,1-3H3. The van der Waals surface area contributed by atoms with E-state index in [9.17, 15) is 9.59 Å². The molecule has 0 N–H and O–H groups in total. The third-order valence-corrected chi connectivity index (χ3v) is 5.76. The maximum absolute atomic E-state index is 13.0. The lowest BCUT2D eigenvalue weighted by Crippen LogP contribution is -2.36. The van der Waals surface area contributed by atoms with Crippen molar-refractivity contribution in [3.8, 4) is 0 Å². The van der Waals surface area contributed by atoms with Crippen LogP contribution >= 0.6 is 11.8 Å². The molecule has 0 aliphatic carbocycles. The Morgan fingerprint density at radius 3 is 2.46 bits per heavy atom. The number of carbonyl (C=O) groups is 1. The zero-order valence-corrected chi connectivity index (χ0v) is 17.3. The van der Waals surface area contributed by atoms with Crippen molar-refractivity contribution in [3.63, 3.8) is 0 Å². The van der Waals surface area contributed by atoms with Crippen LogP contribution in [-0.4, -0.2) is 32.2 Å². The summed E-state index contributed by atoms with van der Waals surface area (Å²) in [7, 11) is 0. The lowest BCUT2D eigenvalue weighted by atomic mass is 10.2. The molecule has 0 aliphatic rings. The highest BCUT2D eigenvalue weighted by molar-refractivity contribution is 8.00. The molecule has 1 heterocycles. The van der Waals surface area contributed by atoms with Gasteiger partial charge in [0.25, 0.3) is 5.56 Å². The van der Waals surface area contributed by atoms with E-state index in [-0.39, 0.29) is 16.7 Å². The number of nitrogens with zero attached hydrogens (tertiary/aromatic N) is 3. The molecule has 0 spiro atoms. The van der Waals surface area contributed by atoms with Gasteiger partial charge >= 0.3 is 0 Å². The van der Waals surface area contributed by atoms with Gasteiger partial charge in [0.05, 0.1) is 16.2 Å². The molecule has 1 unspecified atom stereocenters. The summed E-state index contributed by atoms with van der Waals surface area (Å²) in [6.45, 7) is 7.50. The van der Waals surface area contributed by atoms with Crippen LogP contribution in [0.5, 0.6) is 0 Å². The van der Waals surface area contributed by atoms with Gasteiger partial charge in [-0.05, 0) is 38.5 Å². The fourth-order valence-corrected chi connectivity index (χ4v) is 4.19. The van der Waals surface area contributed by atoms with Gasteiger partial charge in [0, 0.05) is 19.6 Å². The topological polar surface area (TPSA) is 55.2 Å². The molecule has 1 amide bonds. The van der Waals surface area contributed by atoms with Crippen molar-refractivity contribution in [1.82, 2.24) is 14.5 Å². The molecule has 0 fully saturated rings. The Bertz CT molecular complexity index is 1020. The fraction of sp³-hybridized carbons (Fsp3) is 0.318. The molecule has 2 aromatic carbocycles. The molecule has 3 aromatic rings. The van der Waals surface area contributed by atoms with E-state index in [0.29, 0.717) is 35.7 Å². The molecule has 0 bridgehead atoms. The first-order valence-corrected chi connectivity index (χ1v) is 10.4. The summed E-state index contributed by atoms with van der Waals surface area (Å²) in [6, 6.07) is 17.3. The minimum Gasteiger partial charge on any atom is -0.338 e. The van der Waals surface area contributed by atoms with E-state index in [4.69, 9.17) is 0 Å². The summed E-state index contributed by atoms with van der Waals surface area (Å²) >= 11 is 1.35. The lowest BCUT2D eigenvalue weighted by molar-refractivity contribution is -0.130. The van der Waals surface area contributed by atoms with Gasteiger partial charge in [0.15, 0.2) is 5.16 Å². The molecule has 0 radical (unpaired) electrons. The van der Waals surface area contributed by atoms with Crippen LogP contribution in [0.15, 0.2) is 64.5 Å². The predicted molar refractivity (Wildman–Crippen MR) is 115 cm³/mol. The first kappa shape index (κ1) is 20.1. The van der Waals surface area contributed by atoms with Crippen LogP contribution in [0.2, 0.25) is 0 Å². The van der Waals surface area contributed by atoms with E-state index in [2.05, 4.69) is 4.98 Å². The third-order valence-electron chi connectivity index (χ3n) is 4.68. The highest BCUT2D eigenvalue weighted by Gasteiger charge is 2.23. The highest BCUT2D eigenvalue weighted by Crippen LogP contribution is 2.24. The Labute approximate surface area is 169 Å². The van der Waals surface area contributed by atoms with E-state index in [1.165, 1.54) is 11.8 Å². The summed E-state index contributed by atoms with van der Waals surface area (Å²) in [5.41, 5.74) is 1.70. The number of aromatic nitrogens is 2. The van der Waals surface area contributed by atoms with E-state index in [1.54, 1.807) is 10.6 Å². The van der Waals surface area contributed by atoms with E-state index in [1.807, 2.05) is 74.2 Å². The van der Waals surface area contributed by atoms with Crippen molar-refractivity contribution in [3.05, 3.63) is 70.5 Å². The maximum atomic E-state index is 13.0. The number of benzene rings is 2. The molecule has 28 heavy (non-hydrogen) atoms. The van der Waals surface area contributed by atoms with Crippen molar-refractivity contribution >= 4 is 28.6 Å². The van der Waals surface area contributed by atoms with Crippen molar-refractivity contribution < 1.29 is 4.79 Å². The van der Waals surface area contributed by atoms with Crippen LogP contribution in [0.1, 0.15) is 26.3 Å². The molecule has 0 saturated heterocycles. The minimum atomic E-state index is -0.338. The normalized spacial score (nSPS) is 12.1. The van der Waals surface area contributed by atoms with Gasteiger partial charge in [-0.2, -0.15) is 0 Å². The van der Waals surface area contributed by atoms with Gasteiger partial charge in [-0.1, -0.05) is 54.2 Å². The average Bonchev–Trinajstić information content (AvgIpc) is 2.72. The Morgan fingerprint density at radius 1 is 1.11 bits per heavy atom. The summed E-state index contributed by atoms with van der Waals surface area (Å²) in [5.74, 6) is 0.0430. The van der Waals surface area contributed by atoms with Crippen LogP contribution in [0.3, 0.4) is 0 Å². The highest BCUT2D eigenvalue weighted by atomic mass is 32.2. The molecule has 1 aromatic heterocycles. The maximum Gasteiger partial charge on any atom is 0.262 e. The van der Waals surface area contributed by atoms with Gasteiger partial charge in [-0.25, -0.2) is 4.98 Å². The van der Waals surface area contributed by atoms with E-state index in [0.717, 1.165) is 5.56 Å². The number of hydrogen-bond acceptors (Lipinski definition) is 4. The summed E-state index contributed by atoms with van der Waals surface area (Å²) in [6.07, 6.45) is 0. The quantitative estimate of drug-likeness (QED) is 0.449. The van der Waals surface area contributed by atoms with Gasteiger partial charge in [0.1, 0.15) is 0 Å². The van der Waals surface area contributed by atoms with Crippen LogP contribution in [0, 0.1) is 0 Å². The zero-order chi connectivity index (χ0) is 20.1. The number of amides is 1. The second-order valence-corrected chi connectivity index (χ2v) is 7.87. The second kappa shape index (κ2) is 9.06. The van der Waals surface area contributed by atoms with E-state index >= 15 is 0 Å². The first-order chi connectivity index (χ1) is 13.5. The molecule has 0 saturated carbocycles. The second-order valence-electron chi connectivity index (χ2n) is 6.56. The zero-order valence-electron chi connectivity index (χ0n) is 16.5. The molecule has 6 heteroatoms. The minimum absolute atomic E-state index is 0.0430. The van der Waals surface area contributed by atoms with Gasteiger partial charge in [0.2, 0.25) is 5.91 Å². The molecule has 1 atom stereocenters. The number of thioether (sulfide) groups is 1. The number of hydrogen-bond donors (Lipinski definition) is 0. The SMILES string of the molecule is CCN(Cc1ccccc1)C(=O)C(C)Sc1nc2ccccc2c(=O)n1CC. The Hall–Kier alpha value is -2.60. The predicted octanol–water partition coefficient (Wildman–Crippen LogP) is 3.95. The van der Waals surface area contributed by atoms with Gasteiger partial charge in [-0.15, -0.1) is 0 Å². The Morgan fingerprint density at radius 2 is 1.79 bits per heavy atom. The summed E-state index contributed by atoms with van der Waals surface area (Å²) in [5, 5.41) is 0.851. The number of rotatable bonds is 7. The first-order valence-electron chi connectivity index (χ1n) is 9.54. The Balaban J connectivity index is 1.84. The molecule has 146 valence electrons. The number of carbonyl (C=O) groups excluding carboxylic acids is 1. The largest absolute Gasteiger partial charge is 0.338 e. The molecular formula is C22H25N3O2S. The van der Waals surface area contributed by atoms with Crippen LogP contribution in [-0.2, 0) is 17.9 Å². The fourth-order valence-electron chi connectivity index (χ4n) is 3.13. The van der Waals surface area contributed by atoms with Gasteiger partial charge < -0.3 is 4.90 Å². The number of para-hydroxylation sites is 1. The van der Waals surface area contributed by atoms with Crippen molar-refractivity contribution in [1.29, 1.82) is 0 Å². The van der Waals surface area contributed by atoms with Crippen LogP contribution < -0.4 is 5.56 Å².